The molecule has 0 spiro atoms. The van der Waals surface area contributed by atoms with Crippen LogP contribution in [0.5, 0.6) is 0 Å². The van der Waals surface area contributed by atoms with Gasteiger partial charge in [0.15, 0.2) is 0 Å². The highest BCUT2D eigenvalue weighted by atomic mass is 79.9. The lowest BCUT2D eigenvalue weighted by Crippen LogP contribution is -2.30. The third-order valence-corrected chi connectivity index (χ3v) is 5.72. The smallest absolute Gasteiger partial charge is 0.254 e. The lowest BCUT2D eigenvalue weighted by Gasteiger charge is -2.18. The molecule has 0 heterocycles. The van der Waals surface area contributed by atoms with Crippen molar-refractivity contribution in [2.75, 3.05) is 13.6 Å². The Bertz CT molecular complexity index is 693. The number of rotatable bonds is 4. The summed E-state index contributed by atoms with van der Waals surface area (Å²) in [5, 5.41) is 5.03. The predicted octanol–water partition coefficient (Wildman–Crippen LogP) is 1.96. The van der Waals surface area contributed by atoms with E-state index in [-0.39, 0.29) is 10.0 Å². The molecule has 1 amide bonds. The lowest BCUT2D eigenvalue weighted by atomic mass is 10.2. The monoisotopic (exact) mass is 378 g/mol. The Morgan fingerprint density at radius 2 is 2.10 bits per heavy atom. The third kappa shape index (κ3) is 3.61. The molecule has 1 aromatic carbocycles. The number of primary sulfonamides is 1. The molecular weight excluding hydrogens is 363 g/mol. The van der Waals surface area contributed by atoms with E-state index in [1.165, 1.54) is 4.90 Å². The number of benzene rings is 1. The van der Waals surface area contributed by atoms with Gasteiger partial charge in [-0.2, -0.15) is 0 Å². The fourth-order valence-electron chi connectivity index (χ4n) is 2.22. The summed E-state index contributed by atoms with van der Waals surface area (Å²) >= 11 is 3.04. The molecule has 5 nitrogen and oxygen atoms in total. The Hall–Kier alpha value is -0.990. The van der Waals surface area contributed by atoms with Gasteiger partial charge in [-0.15, -0.1) is 0 Å². The van der Waals surface area contributed by atoms with Gasteiger partial charge in [-0.25, -0.2) is 17.9 Å². The first-order valence-corrected chi connectivity index (χ1v) is 8.72. The maximum absolute atomic E-state index is 13.6. The zero-order valence-electron chi connectivity index (χ0n) is 11.6. The Morgan fingerprint density at radius 3 is 2.57 bits per heavy atom. The normalized spacial score (nSPS) is 21.2. The van der Waals surface area contributed by atoms with E-state index in [9.17, 15) is 17.6 Å². The average Bonchev–Trinajstić information content (AvgIpc) is 3.05. The van der Waals surface area contributed by atoms with Crippen molar-refractivity contribution in [3.05, 3.63) is 28.0 Å². The highest BCUT2D eigenvalue weighted by molar-refractivity contribution is 9.10. The van der Waals surface area contributed by atoms with Crippen molar-refractivity contribution in [1.29, 1.82) is 0 Å². The molecule has 2 unspecified atom stereocenters. The fourth-order valence-corrected chi connectivity index (χ4v) is 3.93. The van der Waals surface area contributed by atoms with Crippen LogP contribution in [0.3, 0.4) is 0 Å². The Labute approximate surface area is 131 Å². The van der Waals surface area contributed by atoms with Crippen LogP contribution < -0.4 is 5.14 Å². The summed E-state index contributed by atoms with van der Waals surface area (Å²) in [7, 11) is -2.50. The predicted molar refractivity (Wildman–Crippen MR) is 79.7 cm³/mol. The molecule has 8 heteroatoms. The highest BCUT2D eigenvalue weighted by Crippen LogP contribution is 2.38. The maximum Gasteiger partial charge on any atom is 0.254 e. The van der Waals surface area contributed by atoms with Crippen molar-refractivity contribution in [3.63, 3.8) is 0 Å². The fraction of sp³-hybridized carbons (Fsp3) is 0.462. The molecule has 0 bridgehead atoms. The minimum atomic E-state index is -4.11. The molecule has 21 heavy (non-hydrogen) atoms. The summed E-state index contributed by atoms with van der Waals surface area (Å²) in [5.41, 5.74) is -0.0465. The van der Waals surface area contributed by atoms with E-state index in [0.29, 0.717) is 18.4 Å². The van der Waals surface area contributed by atoms with Crippen LogP contribution in [0.2, 0.25) is 0 Å². The van der Waals surface area contributed by atoms with E-state index in [0.717, 1.165) is 18.6 Å². The van der Waals surface area contributed by atoms with Gasteiger partial charge in [0.1, 0.15) is 5.82 Å². The molecule has 0 radical (unpaired) electrons. The number of amides is 1. The van der Waals surface area contributed by atoms with Gasteiger partial charge in [0.05, 0.1) is 14.9 Å². The zero-order chi connectivity index (χ0) is 15.9. The summed E-state index contributed by atoms with van der Waals surface area (Å²) in [6.07, 6.45) is 1.06. The Morgan fingerprint density at radius 1 is 1.52 bits per heavy atom. The van der Waals surface area contributed by atoms with Crippen molar-refractivity contribution in [2.45, 2.75) is 18.2 Å². The molecule has 1 aliphatic rings. The molecule has 0 aromatic heterocycles. The van der Waals surface area contributed by atoms with E-state index in [4.69, 9.17) is 5.14 Å². The van der Waals surface area contributed by atoms with Gasteiger partial charge in [0.2, 0.25) is 10.0 Å². The van der Waals surface area contributed by atoms with Gasteiger partial charge < -0.3 is 4.90 Å². The second-order valence-electron chi connectivity index (χ2n) is 5.47. The van der Waals surface area contributed by atoms with Gasteiger partial charge in [-0.3, -0.25) is 4.79 Å². The summed E-state index contributed by atoms with van der Waals surface area (Å²) in [4.78, 5) is 13.4. The molecule has 1 aliphatic carbocycles. The maximum atomic E-state index is 13.6. The van der Waals surface area contributed by atoms with Crippen LogP contribution in [0.1, 0.15) is 23.7 Å². The molecule has 116 valence electrons. The van der Waals surface area contributed by atoms with E-state index in [1.54, 1.807) is 7.05 Å². The topological polar surface area (TPSA) is 80.5 Å². The molecule has 2 N–H and O–H groups in total. The number of halogens is 2. The van der Waals surface area contributed by atoms with Crippen LogP contribution in [0.15, 0.2) is 21.5 Å². The molecule has 1 saturated carbocycles. The van der Waals surface area contributed by atoms with E-state index < -0.39 is 26.6 Å². The summed E-state index contributed by atoms with van der Waals surface area (Å²) < 4.78 is 36.5. The quantitative estimate of drug-likeness (QED) is 0.869. The van der Waals surface area contributed by atoms with Crippen LogP contribution in [-0.2, 0) is 10.0 Å². The van der Waals surface area contributed by atoms with Crippen LogP contribution in [0, 0.1) is 17.7 Å². The Balaban J connectivity index is 2.34. The first kappa shape index (κ1) is 16.4. The number of nitrogens with two attached hydrogens (primary N) is 1. The van der Waals surface area contributed by atoms with Gasteiger partial charge in [0, 0.05) is 13.6 Å². The van der Waals surface area contributed by atoms with Crippen LogP contribution in [0.4, 0.5) is 4.39 Å². The average molecular weight is 379 g/mol. The SMILES string of the molecule is CC1CC1CN(C)C(=O)c1cc(F)cc(S(N)(=O)=O)c1Br. The van der Waals surface area contributed by atoms with Crippen LogP contribution in [-0.4, -0.2) is 32.8 Å². The van der Waals surface area contributed by atoms with E-state index in [2.05, 4.69) is 22.9 Å². The number of sulfonamides is 1. The van der Waals surface area contributed by atoms with E-state index >= 15 is 0 Å². The van der Waals surface area contributed by atoms with Gasteiger partial charge in [-0.1, -0.05) is 6.92 Å². The number of nitrogens with zero attached hydrogens (tertiary/aromatic N) is 1. The third-order valence-electron chi connectivity index (χ3n) is 3.67. The number of hydrogen-bond acceptors (Lipinski definition) is 3. The minimum absolute atomic E-state index is 0.00732. The molecule has 1 aromatic rings. The van der Waals surface area contributed by atoms with Crippen molar-refractivity contribution in [3.8, 4) is 0 Å². The summed E-state index contributed by atoms with van der Waals surface area (Å²) in [5.74, 6) is -0.232. The Kier molecular flexibility index (Phi) is 4.41. The molecular formula is C13H16BrFN2O3S. The van der Waals surface area contributed by atoms with Crippen LogP contribution in [0.25, 0.3) is 0 Å². The second kappa shape index (κ2) is 5.66. The standard InChI is InChI=1S/C13H16BrFN2O3S/c1-7-3-8(7)6-17(2)13(18)10-4-9(15)5-11(12(10)14)21(16,19)20/h4-5,7-8H,3,6H2,1-2H3,(H2,16,19,20). The van der Waals surface area contributed by atoms with Gasteiger partial charge >= 0.3 is 0 Å². The zero-order valence-corrected chi connectivity index (χ0v) is 14.0. The molecule has 0 aliphatic heterocycles. The highest BCUT2D eigenvalue weighted by Gasteiger charge is 2.35. The number of hydrogen-bond donors (Lipinski definition) is 1. The molecule has 0 saturated heterocycles. The summed E-state index contributed by atoms with van der Waals surface area (Å²) in [6, 6.07) is 1.80. The second-order valence-corrected chi connectivity index (χ2v) is 7.79. The van der Waals surface area contributed by atoms with Gasteiger partial charge in [0.25, 0.3) is 5.91 Å². The molecule has 2 rings (SSSR count). The van der Waals surface area contributed by atoms with Crippen molar-refractivity contribution < 1.29 is 17.6 Å². The van der Waals surface area contributed by atoms with Crippen LogP contribution >= 0.6 is 15.9 Å². The van der Waals surface area contributed by atoms with E-state index in [1.807, 2.05) is 0 Å². The number of carbonyl (C=O) groups excluding carboxylic acids is 1. The van der Waals surface area contributed by atoms with Crippen molar-refractivity contribution >= 4 is 31.9 Å². The lowest BCUT2D eigenvalue weighted by molar-refractivity contribution is 0.0785. The van der Waals surface area contributed by atoms with Crippen molar-refractivity contribution in [1.82, 2.24) is 4.90 Å². The first-order valence-electron chi connectivity index (χ1n) is 6.38. The van der Waals surface area contributed by atoms with Crippen molar-refractivity contribution in [2.24, 2.45) is 17.0 Å². The molecule has 1 fully saturated rings. The van der Waals surface area contributed by atoms with Gasteiger partial charge in [-0.05, 0) is 46.3 Å². The minimum Gasteiger partial charge on any atom is -0.341 e. The summed E-state index contributed by atoms with van der Waals surface area (Å²) in [6.45, 7) is 2.66. The largest absolute Gasteiger partial charge is 0.341 e. The number of carbonyl (C=O) groups is 1. The first-order chi connectivity index (χ1) is 9.61. The molecule has 2 atom stereocenters.